The summed E-state index contributed by atoms with van der Waals surface area (Å²) in [4.78, 5) is 11.8. The summed E-state index contributed by atoms with van der Waals surface area (Å²) < 4.78 is 27.3. The number of nitrogens with two attached hydrogens (primary N) is 1. The Morgan fingerprint density at radius 3 is 2.35 bits per heavy atom. The zero-order chi connectivity index (χ0) is 24.9. The Labute approximate surface area is 202 Å². The molecular formula is C28H39F2N3O. The quantitative estimate of drug-likeness (QED) is 0.503. The number of hydrogen-bond donors (Lipinski definition) is 3. The number of nitrogens with one attached hydrogen (secondary N) is 2. The van der Waals surface area contributed by atoms with E-state index in [1.807, 2.05) is 0 Å². The summed E-state index contributed by atoms with van der Waals surface area (Å²) in [6, 6.07) is 12.3. The van der Waals surface area contributed by atoms with E-state index in [2.05, 4.69) is 55.7 Å². The van der Waals surface area contributed by atoms with Crippen molar-refractivity contribution in [2.24, 2.45) is 5.73 Å². The topological polar surface area (TPSA) is 67.2 Å². The summed E-state index contributed by atoms with van der Waals surface area (Å²) in [5.74, 6) is -1.37. The Morgan fingerprint density at radius 1 is 1.12 bits per heavy atom. The average Bonchev–Trinajstić information content (AvgIpc) is 2.73. The van der Waals surface area contributed by atoms with Gasteiger partial charge in [-0.1, -0.05) is 45.0 Å². The van der Waals surface area contributed by atoms with Crippen molar-refractivity contribution >= 4 is 5.91 Å². The first kappa shape index (κ1) is 26.3. The summed E-state index contributed by atoms with van der Waals surface area (Å²) in [5, 5.41) is 6.76. The molecule has 0 spiro atoms. The number of hydrogen-bond acceptors (Lipinski definition) is 3. The standard InChI is InChI=1S/C28H39F2N3O/c1-19(34)33-26(16-20-14-23(29)18-24(30)15-20)10-13-32-28(11-8-25(31)9-12-28)22-7-5-6-21(17-22)27(2,3)4/h5-7,14-15,17-18,25-26,32H,8-13,16,31H2,1-4H3,(H,33,34)/t25?,26-,28?/m1/s1. The maximum Gasteiger partial charge on any atom is 0.217 e. The third-order valence-corrected chi connectivity index (χ3v) is 6.93. The molecule has 3 rings (SSSR count). The van der Waals surface area contributed by atoms with Gasteiger partial charge in [-0.25, -0.2) is 8.78 Å². The lowest BCUT2D eigenvalue weighted by Crippen LogP contribution is -2.49. The van der Waals surface area contributed by atoms with Gasteiger partial charge in [0.1, 0.15) is 11.6 Å². The van der Waals surface area contributed by atoms with Crippen LogP contribution in [0.15, 0.2) is 42.5 Å². The van der Waals surface area contributed by atoms with Crippen molar-refractivity contribution in [3.8, 4) is 0 Å². The fourth-order valence-electron chi connectivity index (χ4n) is 5.00. The number of amides is 1. The molecule has 0 aromatic heterocycles. The lowest BCUT2D eigenvalue weighted by molar-refractivity contribution is -0.119. The lowest BCUT2D eigenvalue weighted by Gasteiger charge is -2.42. The van der Waals surface area contributed by atoms with Gasteiger partial charge >= 0.3 is 0 Å². The van der Waals surface area contributed by atoms with E-state index in [0.717, 1.165) is 31.7 Å². The highest BCUT2D eigenvalue weighted by atomic mass is 19.1. The van der Waals surface area contributed by atoms with Crippen LogP contribution in [0.5, 0.6) is 0 Å². The van der Waals surface area contributed by atoms with Gasteiger partial charge in [0.05, 0.1) is 0 Å². The van der Waals surface area contributed by atoms with Crippen LogP contribution in [0.25, 0.3) is 0 Å². The van der Waals surface area contributed by atoms with Crippen LogP contribution in [-0.2, 0) is 22.2 Å². The normalized spacial score (nSPS) is 21.8. The predicted molar refractivity (Wildman–Crippen MR) is 134 cm³/mol. The van der Waals surface area contributed by atoms with E-state index in [4.69, 9.17) is 5.73 Å². The second kappa shape index (κ2) is 11.0. The number of halogens is 2. The van der Waals surface area contributed by atoms with Crippen LogP contribution in [0, 0.1) is 11.6 Å². The van der Waals surface area contributed by atoms with Crippen molar-refractivity contribution in [2.45, 2.75) is 89.3 Å². The second-order valence-electron chi connectivity index (χ2n) is 10.8. The van der Waals surface area contributed by atoms with Crippen LogP contribution in [-0.4, -0.2) is 24.5 Å². The third kappa shape index (κ3) is 7.09. The number of rotatable bonds is 8. The first-order valence-electron chi connectivity index (χ1n) is 12.3. The van der Waals surface area contributed by atoms with Crippen LogP contribution in [0.1, 0.15) is 76.5 Å². The van der Waals surface area contributed by atoms with Crippen LogP contribution in [0.3, 0.4) is 0 Å². The Kier molecular flexibility index (Phi) is 8.47. The van der Waals surface area contributed by atoms with E-state index >= 15 is 0 Å². The zero-order valence-corrected chi connectivity index (χ0v) is 20.9. The molecule has 1 aliphatic carbocycles. The molecule has 0 heterocycles. The van der Waals surface area contributed by atoms with Gasteiger partial charge < -0.3 is 16.4 Å². The van der Waals surface area contributed by atoms with Crippen LogP contribution < -0.4 is 16.4 Å². The molecule has 0 radical (unpaired) electrons. The number of carbonyl (C=O) groups excluding carboxylic acids is 1. The molecule has 4 nitrogen and oxygen atoms in total. The highest BCUT2D eigenvalue weighted by Gasteiger charge is 2.36. The molecule has 1 amide bonds. The summed E-state index contributed by atoms with van der Waals surface area (Å²) in [5.41, 5.74) is 9.22. The molecule has 2 aromatic rings. The van der Waals surface area contributed by atoms with Crippen molar-refractivity contribution in [2.75, 3.05) is 6.54 Å². The summed E-state index contributed by atoms with van der Waals surface area (Å²) in [7, 11) is 0. The highest BCUT2D eigenvalue weighted by molar-refractivity contribution is 5.73. The first-order valence-corrected chi connectivity index (χ1v) is 12.3. The van der Waals surface area contributed by atoms with Crippen molar-refractivity contribution in [1.82, 2.24) is 10.6 Å². The van der Waals surface area contributed by atoms with E-state index < -0.39 is 11.6 Å². The van der Waals surface area contributed by atoms with Gasteiger partial charge in [0.2, 0.25) is 5.91 Å². The molecule has 0 aliphatic heterocycles. The van der Waals surface area contributed by atoms with Gasteiger partial charge in [-0.3, -0.25) is 4.79 Å². The second-order valence-corrected chi connectivity index (χ2v) is 10.8. The van der Waals surface area contributed by atoms with E-state index in [1.165, 1.54) is 30.2 Å². The van der Waals surface area contributed by atoms with Gasteiger partial charge in [0, 0.05) is 30.6 Å². The minimum Gasteiger partial charge on any atom is -0.353 e. The maximum atomic E-state index is 13.7. The molecule has 1 aliphatic rings. The SMILES string of the molecule is CC(=O)N[C@H](CCNC1(c2cccc(C(C)(C)C)c2)CCC(N)CC1)Cc1cc(F)cc(F)c1. The van der Waals surface area contributed by atoms with E-state index in [-0.39, 0.29) is 28.9 Å². The van der Waals surface area contributed by atoms with E-state index in [9.17, 15) is 13.6 Å². The Morgan fingerprint density at radius 2 is 1.76 bits per heavy atom. The van der Waals surface area contributed by atoms with Gasteiger partial charge in [0.15, 0.2) is 0 Å². The molecule has 0 bridgehead atoms. The smallest absolute Gasteiger partial charge is 0.217 e. The molecule has 6 heteroatoms. The molecule has 2 aromatic carbocycles. The van der Waals surface area contributed by atoms with Crippen LogP contribution in [0.4, 0.5) is 8.78 Å². The van der Waals surface area contributed by atoms with Gasteiger partial charge in [-0.15, -0.1) is 0 Å². The average molecular weight is 472 g/mol. The monoisotopic (exact) mass is 471 g/mol. The molecule has 0 saturated heterocycles. The first-order chi connectivity index (χ1) is 16.0. The number of carbonyl (C=O) groups is 1. The summed E-state index contributed by atoms with van der Waals surface area (Å²) in [6.45, 7) is 8.79. The van der Waals surface area contributed by atoms with Gasteiger partial charge in [-0.2, -0.15) is 0 Å². The molecule has 34 heavy (non-hydrogen) atoms. The van der Waals surface area contributed by atoms with Gasteiger partial charge in [-0.05, 0) is 79.3 Å². The van der Waals surface area contributed by atoms with Gasteiger partial charge in [0.25, 0.3) is 0 Å². The van der Waals surface area contributed by atoms with Crippen molar-refractivity contribution < 1.29 is 13.6 Å². The van der Waals surface area contributed by atoms with E-state index in [1.54, 1.807) is 0 Å². The fraction of sp³-hybridized carbons (Fsp3) is 0.536. The third-order valence-electron chi connectivity index (χ3n) is 6.93. The Hall–Kier alpha value is -2.31. The molecule has 0 unspecified atom stereocenters. The molecule has 4 N–H and O–H groups in total. The van der Waals surface area contributed by atoms with Crippen molar-refractivity contribution in [3.05, 3.63) is 70.8 Å². The number of benzene rings is 2. The minimum atomic E-state index is -0.606. The lowest BCUT2D eigenvalue weighted by atomic mass is 9.73. The van der Waals surface area contributed by atoms with Crippen LogP contribution >= 0.6 is 0 Å². The Balaban J connectivity index is 1.76. The van der Waals surface area contributed by atoms with Crippen LogP contribution in [0.2, 0.25) is 0 Å². The summed E-state index contributed by atoms with van der Waals surface area (Å²) >= 11 is 0. The fourth-order valence-corrected chi connectivity index (χ4v) is 5.00. The molecule has 186 valence electrons. The largest absolute Gasteiger partial charge is 0.353 e. The highest BCUT2D eigenvalue weighted by Crippen LogP contribution is 2.38. The molecular weight excluding hydrogens is 432 g/mol. The Bertz CT molecular complexity index is 958. The predicted octanol–water partition coefficient (Wildman–Crippen LogP) is 5.09. The molecule has 1 atom stereocenters. The van der Waals surface area contributed by atoms with Crippen molar-refractivity contribution in [1.29, 1.82) is 0 Å². The molecule has 1 fully saturated rings. The molecule has 1 saturated carbocycles. The zero-order valence-electron chi connectivity index (χ0n) is 20.9. The summed E-state index contributed by atoms with van der Waals surface area (Å²) in [6.07, 6.45) is 4.80. The van der Waals surface area contributed by atoms with E-state index in [0.29, 0.717) is 24.9 Å². The minimum absolute atomic E-state index is 0.0546. The maximum absolute atomic E-state index is 13.7. The van der Waals surface area contributed by atoms with Crippen molar-refractivity contribution in [3.63, 3.8) is 0 Å².